The molecule has 0 N–H and O–H groups in total. The highest BCUT2D eigenvalue weighted by Crippen LogP contribution is 2.50. The summed E-state index contributed by atoms with van der Waals surface area (Å²) in [6, 6.07) is 10.7. The van der Waals surface area contributed by atoms with Gasteiger partial charge in [-0.05, 0) is 86.8 Å². The number of aryl methyl sites for hydroxylation is 2. The molecule has 0 radical (unpaired) electrons. The zero-order chi connectivity index (χ0) is 24.9. The quantitative estimate of drug-likeness (QED) is 0.233. The summed E-state index contributed by atoms with van der Waals surface area (Å²) in [6.07, 6.45) is 7.32. The van der Waals surface area contributed by atoms with Crippen LogP contribution in [0.5, 0.6) is 11.5 Å². The fourth-order valence-corrected chi connectivity index (χ4v) is 6.76. The highest BCUT2D eigenvalue weighted by atomic mass is 32.5. The van der Waals surface area contributed by atoms with E-state index in [4.69, 9.17) is 34.2 Å². The van der Waals surface area contributed by atoms with E-state index in [0.717, 1.165) is 84.4 Å². The van der Waals surface area contributed by atoms with Crippen LogP contribution in [-0.4, -0.2) is 7.11 Å². The Morgan fingerprint density at radius 3 is 1.53 bits per heavy atom. The Morgan fingerprint density at radius 1 is 0.694 bits per heavy atom. The van der Waals surface area contributed by atoms with Gasteiger partial charge >= 0.3 is 18.0 Å². The van der Waals surface area contributed by atoms with Gasteiger partial charge in [0.15, 0.2) is 0 Å². The van der Waals surface area contributed by atoms with Crippen LogP contribution in [0.2, 0.25) is 0 Å². The van der Waals surface area contributed by atoms with Crippen LogP contribution >= 0.6 is 6.72 Å². The minimum absolute atomic E-state index is 0.295. The summed E-state index contributed by atoms with van der Waals surface area (Å²) in [7, 11) is 1.43. The molecule has 0 amide bonds. The number of fused-ring (bicyclic) bond motifs is 6. The zero-order valence-electron chi connectivity index (χ0n) is 19.8. The first-order chi connectivity index (χ1) is 17.4. The molecule has 2 heterocycles. The van der Waals surface area contributed by atoms with Gasteiger partial charge in [-0.2, -0.15) is 0 Å². The van der Waals surface area contributed by atoms with Gasteiger partial charge < -0.3 is 17.9 Å². The summed E-state index contributed by atoms with van der Waals surface area (Å²) < 4.78 is 28.7. The molecule has 0 saturated heterocycles. The summed E-state index contributed by atoms with van der Waals surface area (Å²) in [5.74, 6) is 0.765. The third kappa shape index (κ3) is 4.17. The van der Waals surface area contributed by atoms with Crippen molar-refractivity contribution in [1.82, 2.24) is 0 Å². The van der Waals surface area contributed by atoms with Gasteiger partial charge in [-0.15, -0.1) is 0 Å². The Bertz CT molecular complexity index is 1550. The van der Waals surface area contributed by atoms with Crippen molar-refractivity contribution in [3.63, 3.8) is 0 Å². The highest BCUT2D eigenvalue weighted by Gasteiger charge is 2.25. The van der Waals surface area contributed by atoms with Gasteiger partial charge in [-0.3, -0.25) is 4.52 Å². The number of hydrogen-bond donors (Lipinski definition) is 0. The van der Waals surface area contributed by atoms with Gasteiger partial charge in [0, 0.05) is 52.9 Å². The molecule has 36 heavy (non-hydrogen) atoms. The summed E-state index contributed by atoms with van der Waals surface area (Å²) in [4.78, 5) is 25.0. The molecule has 0 fully saturated rings. The lowest BCUT2D eigenvalue weighted by molar-refractivity contribution is 0.319. The number of rotatable bonds is 5. The number of benzene rings is 2. The smallest absolute Gasteiger partial charge is 0.422 e. The minimum atomic E-state index is -3.28. The van der Waals surface area contributed by atoms with Gasteiger partial charge in [-0.1, -0.05) is 0 Å². The second kappa shape index (κ2) is 9.18. The molecule has 2 aromatic heterocycles. The Balaban J connectivity index is 1.31. The molecule has 0 atom stereocenters. The Kier molecular flexibility index (Phi) is 5.98. The van der Waals surface area contributed by atoms with Crippen LogP contribution in [-0.2, 0) is 42.0 Å². The van der Waals surface area contributed by atoms with E-state index < -0.39 is 6.72 Å². The standard InChI is InChI=1S/C27H25O7PS/c1-30-35(36,33-16-10-12-20-18-6-2-4-8-22(18)26(28)31-24(20)14-16)34-17-11-13-21-19-7-3-5-9-23(19)27(29)32-25(21)15-17/h10-15H,2-9H2,1H3. The SMILES string of the molecule is COP(=S)(Oc1ccc2c3c(c(=O)oc2c1)CCCC3)Oc1ccc2c3c(c(=O)oc2c1)CCCC3. The molecule has 0 spiro atoms. The predicted octanol–water partition coefficient (Wildman–Crippen LogP) is 5.99. The van der Waals surface area contributed by atoms with Crippen molar-refractivity contribution in [3.05, 3.63) is 79.5 Å². The minimum Gasteiger partial charge on any atom is -0.422 e. The number of hydrogen-bond acceptors (Lipinski definition) is 8. The van der Waals surface area contributed by atoms with Crippen molar-refractivity contribution >= 4 is 40.5 Å². The molecule has 0 bridgehead atoms. The van der Waals surface area contributed by atoms with E-state index in [0.29, 0.717) is 22.7 Å². The predicted molar refractivity (Wildman–Crippen MR) is 141 cm³/mol. The lowest BCUT2D eigenvalue weighted by Crippen LogP contribution is -2.15. The third-order valence-corrected chi connectivity index (χ3v) is 9.26. The Morgan fingerprint density at radius 2 is 1.11 bits per heavy atom. The van der Waals surface area contributed by atoms with Crippen molar-refractivity contribution in [2.24, 2.45) is 0 Å². The van der Waals surface area contributed by atoms with E-state index in [9.17, 15) is 9.59 Å². The molecular weight excluding hydrogens is 499 g/mol. The van der Waals surface area contributed by atoms with Crippen LogP contribution in [0.3, 0.4) is 0 Å². The van der Waals surface area contributed by atoms with E-state index >= 15 is 0 Å². The molecule has 9 heteroatoms. The van der Waals surface area contributed by atoms with Crippen molar-refractivity contribution in [2.45, 2.75) is 51.4 Å². The normalized spacial score (nSPS) is 15.5. The molecule has 0 unspecified atom stereocenters. The van der Waals surface area contributed by atoms with Gasteiger partial charge in [0.25, 0.3) is 0 Å². The molecule has 2 aromatic carbocycles. The molecule has 7 nitrogen and oxygen atoms in total. The topological polar surface area (TPSA) is 88.1 Å². The van der Waals surface area contributed by atoms with Crippen molar-refractivity contribution in [1.29, 1.82) is 0 Å². The molecule has 0 saturated carbocycles. The Labute approximate surface area is 212 Å². The van der Waals surface area contributed by atoms with Crippen molar-refractivity contribution < 1.29 is 22.4 Å². The van der Waals surface area contributed by atoms with E-state index in [2.05, 4.69) is 0 Å². The third-order valence-electron chi connectivity index (χ3n) is 7.05. The van der Waals surface area contributed by atoms with Crippen LogP contribution in [0, 0.1) is 0 Å². The van der Waals surface area contributed by atoms with E-state index in [1.807, 2.05) is 12.1 Å². The molecule has 0 aliphatic heterocycles. The molecule has 6 rings (SSSR count). The first-order valence-corrected chi connectivity index (χ1v) is 14.7. The van der Waals surface area contributed by atoms with Gasteiger partial charge in [0.1, 0.15) is 22.7 Å². The maximum Gasteiger partial charge on any atom is 0.434 e. The largest absolute Gasteiger partial charge is 0.434 e. The molecule has 4 aromatic rings. The van der Waals surface area contributed by atoms with Crippen LogP contribution < -0.4 is 20.3 Å². The lowest BCUT2D eigenvalue weighted by Gasteiger charge is -2.22. The van der Waals surface area contributed by atoms with Crippen LogP contribution in [0.15, 0.2) is 54.8 Å². The van der Waals surface area contributed by atoms with Crippen LogP contribution in [0.1, 0.15) is 47.9 Å². The maximum absolute atomic E-state index is 12.5. The molecule has 2 aliphatic rings. The first-order valence-electron chi connectivity index (χ1n) is 12.2. The fourth-order valence-electron chi connectivity index (χ4n) is 5.32. The maximum atomic E-state index is 12.5. The second-order valence-electron chi connectivity index (χ2n) is 9.24. The van der Waals surface area contributed by atoms with E-state index in [1.54, 1.807) is 24.3 Å². The van der Waals surface area contributed by atoms with E-state index in [1.165, 1.54) is 7.11 Å². The highest BCUT2D eigenvalue weighted by molar-refractivity contribution is 8.07. The average Bonchev–Trinajstić information content (AvgIpc) is 2.89. The van der Waals surface area contributed by atoms with Gasteiger partial charge in [0.05, 0.1) is 0 Å². The van der Waals surface area contributed by atoms with Crippen molar-refractivity contribution in [3.8, 4) is 11.5 Å². The van der Waals surface area contributed by atoms with E-state index in [-0.39, 0.29) is 11.3 Å². The second-order valence-corrected chi connectivity index (χ2v) is 12.2. The summed E-state index contributed by atoms with van der Waals surface area (Å²) in [5, 5.41) is 1.83. The molecular formula is C27H25O7PS. The fraction of sp³-hybridized carbons (Fsp3) is 0.333. The van der Waals surface area contributed by atoms with Gasteiger partial charge in [-0.25, -0.2) is 9.59 Å². The zero-order valence-corrected chi connectivity index (χ0v) is 21.5. The summed E-state index contributed by atoms with van der Waals surface area (Å²) in [6.45, 7) is -3.28. The monoisotopic (exact) mass is 524 g/mol. The Hall–Kier alpha value is -2.93. The van der Waals surface area contributed by atoms with Gasteiger partial charge in [0.2, 0.25) is 0 Å². The molecule has 2 aliphatic carbocycles. The molecule has 186 valence electrons. The average molecular weight is 525 g/mol. The van der Waals surface area contributed by atoms with Crippen molar-refractivity contribution in [2.75, 3.05) is 7.11 Å². The summed E-state index contributed by atoms with van der Waals surface area (Å²) in [5.41, 5.74) is 3.98. The lowest BCUT2D eigenvalue weighted by atomic mass is 9.91. The first kappa shape index (κ1) is 23.5. The van der Waals surface area contributed by atoms with Crippen LogP contribution in [0.25, 0.3) is 21.9 Å². The van der Waals surface area contributed by atoms with Crippen LogP contribution in [0.4, 0.5) is 0 Å². The summed E-state index contributed by atoms with van der Waals surface area (Å²) >= 11 is 5.62.